The van der Waals surface area contributed by atoms with Crippen LogP contribution in [0.15, 0.2) is 24.3 Å². The smallest absolute Gasteiger partial charge is 0.416 e. The van der Waals surface area contributed by atoms with Gasteiger partial charge in [0.1, 0.15) is 11.4 Å². The molecule has 1 aromatic carbocycles. The van der Waals surface area contributed by atoms with Crippen molar-refractivity contribution in [1.29, 1.82) is 0 Å². The third-order valence-corrected chi connectivity index (χ3v) is 4.56. The van der Waals surface area contributed by atoms with Gasteiger partial charge < -0.3 is 15.3 Å². The molecule has 1 atom stereocenters. The first kappa shape index (κ1) is 18.4. The van der Waals surface area contributed by atoms with Gasteiger partial charge in [0.2, 0.25) is 0 Å². The second-order valence-corrected chi connectivity index (χ2v) is 6.74. The van der Waals surface area contributed by atoms with Crippen molar-refractivity contribution in [3.05, 3.63) is 35.4 Å². The quantitative estimate of drug-likeness (QED) is 0.868. The molecule has 0 saturated carbocycles. The van der Waals surface area contributed by atoms with Crippen molar-refractivity contribution in [3.8, 4) is 17.0 Å². The largest absolute Gasteiger partial charge is 0.505 e. The number of hydrogen-bond donors (Lipinski definition) is 2. The number of alkyl halides is 3. The van der Waals surface area contributed by atoms with Crippen molar-refractivity contribution in [2.45, 2.75) is 32.0 Å². The summed E-state index contributed by atoms with van der Waals surface area (Å²) in [5.74, 6) is 0.339. The molecule has 0 radical (unpaired) electrons. The number of aryl methyl sites for hydroxylation is 1. The summed E-state index contributed by atoms with van der Waals surface area (Å²) in [4.78, 5) is 2.22. The second-order valence-electron chi connectivity index (χ2n) is 6.74. The first-order valence-electron chi connectivity index (χ1n) is 8.44. The van der Waals surface area contributed by atoms with Crippen molar-refractivity contribution in [2.75, 3.05) is 25.5 Å². The fourth-order valence-corrected chi connectivity index (χ4v) is 3.24. The maximum atomic E-state index is 12.8. The number of halogens is 3. The number of anilines is 1. The predicted molar refractivity (Wildman–Crippen MR) is 93.0 cm³/mol. The lowest BCUT2D eigenvalue weighted by Gasteiger charge is -2.30. The zero-order valence-electron chi connectivity index (χ0n) is 14.6. The topological polar surface area (TPSA) is 61.3 Å². The first-order valence-corrected chi connectivity index (χ1v) is 8.44. The molecule has 2 heterocycles. The Labute approximate surface area is 149 Å². The molecule has 1 fully saturated rings. The van der Waals surface area contributed by atoms with Crippen molar-refractivity contribution in [1.82, 2.24) is 15.1 Å². The maximum Gasteiger partial charge on any atom is 0.416 e. The van der Waals surface area contributed by atoms with Gasteiger partial charge in [-0.25, -0.2) is 0 Å². The number of nitrogens with zero attached hydrogens (tertiary/aromatic N) is 3. The molecule has 2 N–H and O–H groups in total. The summed E-state index contributed by atoms with van der Waals surface area (Å²) in [5.41, 5.74) is 0.236. The number of benzene rings is 1. The lowest BCUT2D eigenvalue weighted by molar-refractivity contribution is -0.137. The maximum absolute atomic E-state index is 12.8. The number of rotatable bonds is 3. The van der Waals surface area contributed by atoms with Gasteiger partial charge in [0.15, 0.2) is 5.82 Å². The SMILES string of the molecule is Cc1cc(C(F)(F)F)ccc1-c1nnc(N[C@@H]2CCCN(C)C2)cc1O. The van der Waals surface area contributed by atoms with Crippen LogP contribution in [0.1, 0.15) is 24.0 Å². The summed E-state index contributed by atoms with van der Waals surface area (Å²) in [6.07, 6.45) is -2.32. The average molecular weight is 366 g/mol. The van der Waals surface area contributed by atoms with Gasteiger partial charge in [-0.2, -0.15) is 13.2 Å². The van der Waals surface area contributed by atoms with E-state index in [2.05, 4.69) is 20.4 Å². The minimum Gasteiger partial charge on any atom is -0.505 e. The van der Waals surface area contributed by atoms with Crippen molar-refractivity contribution in [2.24, 2.45) is 0 Å². The summed E-state index contributed by atoms with van der Waals surface area (Å²) in [6, 6.07) is 5.02. The number of nitrogens with one attached hydrogen (secondary N) is 1. The fourth-order valence-electron chi connectivity index (χ4n) is 3.24. The van der Waals surface area contributed by atoms with E-state index in [-0.39, 0.29) is 17.5 Å². The molecule has 5 nitrogen and oxygen atoms in total. The van der Waals surface area contributed by atoms with Crippen LogP contribution in [0.4, 0.5) is 19.0 Å². The van der Waals surface area contributed by atoms with Crippen LogP contribution in [-0.2, 0) is 6.18 Å². The minimum atomic E-state index is -4.40. The van der Waals surface area contributed by atoms with E-state index in [1.165, 1.54) is 12.1 Å². The third-order valence-electron chi connectivity index (χ3n) is 4.56. The van der Waals surface area contributed by atoms with Crippen LogP contribution in [0.3, 0.4) is 0 Å². The molecule has 1 saturated heterocycles. The number of aromatic hydroxyl groups is 1. The van der Waals surface area contributed by atoms with E-state index in [9.17, 15) is 18.3 Å². The number of likely N-dealkylation sites (N-methyl/N-ethyl adjacent to an activating group) is 1. The van der Waals surface area contributed by atoms with Gasteiger partial charge in [0.25, 0.3) is 0 Å². The van der Waals surface area contributed by atoms with E-state index in [1.807, 2.05) is 7.05 Å². The number of piperidine rings is 1. The molecule has 3 rings (SSSR count). The molecule has 1 aliphatic heterocycles. The number of aromatic nitrogens is 2. The van der Waals surface area contributed by atoms with Gasteiger partial charge in [-0.3, -0.25) is 0 Å². The second kappa shape index (κ2) is 7.11. The summed E-state index contributed by atoms with van der Waals surface area (Å²) >= 11 is 0. The summed E-state index contributed by atoms with van der Waals surface area (Å²) in [5, 5.41) is 21.7. The van der Waals surface area contributed by atoms with Gasteiger partial charge in [-0.15, -0.1) is 10.2 Å². The van der Waals surface area contributed by atoms with Crippen molar-refractivity contribution >= 4 is 5.82 Å². The monoisotopic (exact) mass is 366 g/mol. The molecular weight excluding hydrogens is 345 g/mol. The first-order chi connectivity index (χ1) is 12.2. The van der Waals surface area contributed by atoms with Crippen LogP contribution in [0.2, 0.25) is 0 Å². The highest BCUT2D eigenvalue weighted by Crippen LogP contribution is 2.35. The normalized spacial score (nSPS) is 18.7. The zero-order chi connectivity index (χ0) is 18.9. The van der Waals surface area contributed by atoms with E-state index in [0.29, 0.717) is 16.9 Å². The van der Waals surface area contributed by atoms with E-state index in [0.717, 1.165) is 38.1 Å². The Balaban J connectivity index is 1.81. The molecule has 1 aromatic heterocycles. The standard InChI is InChI=1S/C18H21F3N4O/c1-11-8-12(18(19,20)21)5-6-14(11)17-15(26)9-16(23-24-17)22-13-4-3-7-25(2)10-13/h5-6,8-9,13H,3-4,7,10H2,1-2H3,(H2,22,23,26)/t13-/m1/s1. The van der Waals surface area contributed by atoms with Crippen LogP contribution in [-0.4, -0.2) is 46.4 Å². The van der Waals surface area contributed by atoms with Crippen LogP contribution >= 0.6 is 0 Å². The molecule has 0 unspecified atom stereocenters. The molecule has 140 valence electrons. The number of hydrogen-bond acceptors (Lipinski definition) is 5. The Morgan fingerprint density at radius 3 is 2.62 bits per heavy atom. The zero-order valence-corrected chi connectivity index (χ0v) is 14.6. The number of likely N-dealkylation sites (tertiary alicyclic amines) is 1. The van der Waals surface area contributed by atoms with Gasteiger partial charge >= 0.3 is 6.18 Å². The summed E-state index contributed by atoms with van der Waals surface area (Å²) in [7, 11) is 2.05. The Kier molecular flexibility index (Phi) is 5.04. The third kappa shape index (κ3) is 4.07. The molecule has 1 aliphatic rings. The summed E-state index contributed by atoms with van der Waals surface area (Å²) < 4.78 is 38.4. The molecule has 2 aromatic rings. The highest BCUT2D eigenvalue weighted by atomic mass is 19.4. The molecular formula is C18H21F3N4O. The minimum absolute atomic E-state index is 0.116. The highest BCUT2D eigenvalue weighted by Gasteiger charge is 2.31. The predicted octanol–water partition coefficient (Wildman–Crippen LogP) is 3.68. The Hall–Kier alpha value is -2.35. The fraction of sp³-hybridized carbons (Fsp3) is 0.444. The van der Waals surface area contributed by atoms with Crippen molar-refractivity contribution in [3.63, 3.8) is 0 Å². The van der Waals surface area contributed by atoms with Gasteiger partial charge in [0.05, 0.1) is 5.56 Å². The van der Waals surface area contributed by atoms with Crippen molar-refractivity contribution < 1.29 is 18.3 Å². The lowest BCUT2D eigenvalue weighted by Crippen LogP contribution is -2.39. The van der Waals surface area contributed by atoms with E-state index >= 15 is 0 Å². The molecule has 0 spiro atoms. The Morgan fingerprint density at radius 2 is 2.00 bits per heavy atom. The molecule has 26 heavy (non-hydrogen) atoms. The summed E-state index contributed by atoms with van der Waals surface area (Å²) in [6.45, 7) is 3.49. The van der Waals surface area contributed by atoms with Crippen LogP contribution in [0.25, 0.3) is 11.3 Å². The lowest BCUT2D eigenvalue weighted by atomic mass is 10.0. The van der Waals surface area contributed by atoms with Crippen LogP contribution in [0.5, 0.6) is 5.75 Å². The highest BCUT2D eigenvalue weighted by molar-refractivity contribution is 5.70. The van der Waals surface area contributed by atoms with Gasteiger partial charge in [0, 0.05) is 24.2 Å². The van der Waals surface area contributed by atoms with Gasteiger partial charge in [-0.1, -0.05) is 6.07 Å². The molecule has 8 heteroatoms. The van der Waals surface area contributed by atoms with Gasteiger partial charge in [-0.05, 0) is 51.1 Å². The van der Waals surface area contributed by atoms with E-state index in [4.69, 9.17) is 0 Å². The Bertz CT molecular complexity index is 794. The van der Waals surface area contributed by atoms with Crippen LogP contribution < -0.4 is 5.32 Å². The Morgan fingerprint density at radius 1 is 1.23 bits per heavy atom. The van der Waals surface area contributed by atoms with E-state index < -0.39 is 11.7 Å². The molecule has 0 amide bonds. The molecule has 0 bridgehead atoms. The molecule has 0 aliphatic carbocycles. The van der Waals surface area contributed by atoms with E-state index in [1.54, 1.807) is 6.92 Å². The van der Waals surface area contributed by atoms with Crippen LogP contribution in [0, 0.1) is 6.92 Å². The average Bonchev–Trinajstić information content (AvgIpc) is 2.55.